The summed E-state index contributed by atoms with van der Waals surface area (Å²) in [5, 5.41) is 9.49. The van der Waals surface area contributed by atoms with Crippen molar-refractivity contribution in [3.8, 4) is 0 Å². The van der Waals surface area contributed by atoms with Crippen LogP contribution in [-0.2, 0) is 4.79 Å². The summed E-state index contributed by atoms with van der Waals surface area (Å²) in [7, 11) is 0. The smallest absolute Gasteiger partial charge is 0.227 e. The maximum Gasteiger partial charge on any atom is 0.227 e. The van der Waals surface area contributed by atoms with E-state index in [-0.39, 0.29) is 11.9 Å². The molecule has 1 fully saturated rings. The van der Waals surface area contributed by atoms with Crippen molar-refractivity contribution in [2.24, 2.45) is 0 Å². The summed E-state index contributed by atoms with van der Waals surface area (Å²) in [6.45, 7) is 3.64. The quantitative estimate of drug-likeness (QED) is 0.917. The first-order valence-electron chi connectivity index (χ1n) is 7.59. The van der Waals surface area contributed by atoms with Gasteiger partial charge in [-0.2, -0.15) is 0 Å². The monoisotopic (exact) mass is 320 g/mol. The van der Waals surface area contributed by atoms with Crippen molar-refractivity contribution in [3.63, 3.8) is 0 Å². The Morgan fingerprint density at radius 2 is 2.45 bits per heavy atom. The van der Waals surface area contributed by atoms with E-state index in [0.717, 1.165) is 31.0 Å². The van der Waals surface area contributed by atoms with Gasteiger partial charge in [0.15, 0.2) is 5.13 Å². The molecule has 1 amide bonds. The van der Waals surface area contributed by atoms with Crippen molar-refractivity contribution in [2.75, 3.05) is 18.4 Å². The molecule has 1 aliphatic heterocycles. The van der Waals surface area contributed by atoms with Gasteiger partial charge in [0.25, 0.3) is 0 Å². The molecule has 2 aromatic rings. The van der Waals surface area contributed by atoms with Gasteiger partial charge in [0.05, 0.1) is 6.04 Å². The summed E-state index contributed by atoms with van der Waals surface area (Å²) < 4.78 is 5.20. The summed E-state index contributed by atoms with van der Waals surface area (Å²) in [4.78, 5) is 18.4. The Morgan fingerprint density at radius 3 is 3.18 bits per heavy atom. The lowest BCUT2D eigenvalue weighted by atomic mass is 9.99. The van der Waals surface area contributed by atoms with Gasteiger partial charge in [-0.3, -0.25) is 9.69 Å². The van der Waals surface area contributed by atoms with E-state index < -0.39 is 0 Å². The van der Waals surface area contributed by atoms with Crippen LogP contribution in [0.25, 0.3) is 0 Å². The van der Waals surface area contributed by atoms with Crippen LogP contribution in [0.1, 0.15) is 43.2 Å². The Kier molecular flexibility index (Phi) is 4.84. The molecule has 1 unspecified atom stereocenters. The second-order valence-electron chi connectivity index (χ2n) is 5.55. The van der Waals surface area contributed by atoms with E-state index in [1.165, 1.54) is 24.2 Å². The summed E-state index contributed by atoms with van der Waals surface area (Å²) >= 11 is 1.43. The maximum atomic E-state index is 12.0. The third kappa shape index (κ3) is 3.72. The molecule has 22 heavy (non-hydrogen) atoms. The highest BCUT2D eigenvalue weighted by molar-refractivity contribution is 7.13. The topological polar surface area (TPSA) is 71.3 Å². The van der Waals surface area contributed by atoms with Gasteiger partial charge in [0, 0.05) is 30.6 Å². The number of nitrogens with zero attached hydrogens (tertiary/aromatic N) is 3. The first-order chi connectivity index (χ1) is 10.7. The zero-order valence-corrected chi connectivity index (χ0v) is 13.4. The van der Waals surface area contributed by atoms with Gasteiger partial charge in [-0.25, -0.2) is 4.98 Å². The van der Waals surface area contributed by atoms with Gasteiger partial charge in [0.2, 0.25) is 5.91 Å². The molecule has 1 atom stereocenters. The zero-order chi connectivity index (χ0) is 15.4. The van der Waals surface area contributed by atoms with Gasteiger partial charge in [-0.1, -0.05) is 11.6 Å². The number of carbonyl (C=O) groups is 1. The fraction of sp³-hybridized carbons (Fsp3) is 0.533. The second-order valence-corrected chi connectivity index (χ2v) is 6.44. The molecule has 0 radical (unpaired) electrons. The molecule has 0 aromatic carbocycles. The molecular weight excluding hydrogens is 300 g/mol. The fourth-order valence-corrected chi connectivity index (χ4v) is 3.39. The molecule has 7 heteroatoms. The van der Waals surface area contributed by atoms with Crippen LogP contribution in [0.15, 0.2) is 22.2 Å². The molecule has 3 rings (SSSR count). The lowest BCUT2D eigenvalue weighted by Gasteiger charge is -2.34. The highest BCUT2D eigenvalue weighted by atomic mass is 32.1. The number of aryl methyl sites for hydroxylation is 1. The molecule has 1 aliphatic rings. The number of likely N-dealkylation sites (tertiary alicyclic amines) is 1. The highest BCUT2D eigenvalue weighted by Gasteiger charge is 2.26. The van der Waals surface area contributed by atoms with E-state index in [1.807, 2.05) is 18.4 Å². The third-order valence-electron chi connectivity index (χ3n) is 3.91. The number of anilines is 1. The summed E-state index contributed by atoms with van der Waals surface area (Å²) in [6.07, 6.45) is 5.58. The van der Waals surface area contributed by atoms with Crippen molar-refractivity contribution in [1.29, 1.82) is 0 Å². The molecule has 3 heterocycles. The maximum absolute atomic E-state index is 12.0. The molecule has 1 N–H and O–H groups in total. The number of nitrogens with one attached hydrogen (secondary N) is 1. The predicted octanol–water partition coefficient (Wildman–Crippen LogP) is 3.00. The molecule has 0 saturated carbocycles. The van der Waals surface area contributed by atoms with E-state index in [0.29, 0.717) is 11.6 Å². The number of hydrogen-bond donors (Lipinski definition) is 1. The number of amides is 1. The predicted molar refractivity (Wildman–Crippen MR) is 84.8 cm³/mol. The molecular formula is C15H20N4O2S. The van der Waals surface area contributed by atoms with E-state index in [2.05, 4.69) is 20.4 Å². The van der Waals surface area contributed by atoms with Crippen LogP contribution < -0.4 is 5.32 Å². The minimum Gasteiger partial charge on any atom is -0.361 e. The van der Waals surface area contributed by atoms with Crippen molar-refractivity contribution < 1.29 is 9.32 Å². The van der Waals surface area contributed by atoms with Crippen LogP contribution in [0.4, 0.5) is 5.13 Å². The van der Waals surface area contributed by atoms with Crippen LogP contribution in [-0.4, -0.2) is 34.0 Å². The van der Waals surface area contributed by atoms with E-state index in [9.17, 15) is 4.79 Å². The molecule has 0 spiro atoms. The molecule has 0 bridgehead atoms. The van der Waals surface area contributed by atoms with Crippen LogP contribution in [0.3, 0.4) is 0 Å². The fourth-order valence-electron chi connectivity index (χ4n) is 2.85. The number of aromatic nitrogens is 2. The molecule has 118 valence electrons. The Morgan fingerprint density at radius 1 is 1.55 bits per heavy atom. The van der Waals surface area contributed by atoms with Gasteiger partial charge in [0.1, 0.15) is 11.5 Å². The summed E-state index contributed by atoms with van der Waals surface area (Å²) in [5.74, 6) is 0.845. The molecule has 1 saturated heterocycles. The normalized spacial score (nSPS) is 19.2. The van der Waals surface area contributed by atoms with E-state index >= 15 is 0 Å². The van der Waals surface area contributed by atoms with Gasteiger partial charge < -0.3 is 9.84 Å². The average molecular weight is 320 g/mol. The first-order valence-corrected chi connectivity index (χ1v) is 8.47. The van der Waals surface area contributed by atoms with Gasteiger partial charge >= 0.3 is 0 Å². The Labute approximate surface area is 133 Å². The summed E-state index contributed by atoms with van der Waals surface area (Å²) in [6, 6.07) is 2.26. The number of rotatable bonds is 5. The van der Waals surface area contributed by atoms with Gasteiger partial charge in [-0.15, -0.1) is 11.3 Å². The van der Waals surface area contributed by atoms with Crippen LogP contribution in [0.5, 0.6) is 0 Å². The van der Waals surface area contributed by atoms with E-state index in [1.54, 1.807) is 6.20 Å². The Balaban J connectivity index is 1.56. The number of carbonyl (C=O) groups excluding carboxylic acids is 1. The SMILES string of the molecule is Cc1cc(C2CCCCN2CCC(=O)Nc2nccs2)no1. The minimum atomic E-state index is 0.00982. The standard InChI is InChI=1S/C15H20N4O2S/c1-11-10-12(18-21-11)13-4-2-3-7-19(13)8-5-14(20)17-15-16-6-9-22-15/h6,9-10,13H,2-5,7-8H2,1H3,(H,16,17,20). The Hall–Kier alpha value is -1.73. The molecule has 6 nitrogen and oxygen atoms in total. The second kappa shape index (κ2) is 7.02. The third-order valence-corrected chi connectivity index (χ3v) is 4.59. The van der Waals surface area contributed by atoms with Crippen LogP contribution in [0, 0.1) is 6.92 Å². The van der Waals surface area contributed by atoms with Crippen molar-refractivity contribution in [1.82, 2.24) is 15.0 Å². The molecule has 2 aromatic heterocycles. The van der Waals surface area contributed by atoms with Crippen LogP contribution in [0.2, 0.25) is 0 Å². The zero-order valence-electron chi connectivity index (χ0n) is 12.6. The van der Waals surface area contributed by atoms with Crippen molar-refractivity contribution >= 4 is 22.4 Å². The highest BCUT2D eigenvalue weighted by Crippen LogP contribution is 2.30. The summed E-state index contributed by atoms with van der Waals surface area (Å²) in [5.41, 5.74) is 0.984. The van der Waals surface area contributed by atoms with Crippen LogP contribution >= 0.6 is 11.3 Å². The number of piperidine rings is 1. The number of hydrogen-bond acceptors (Lipinski definition) is 6. The van der Waals surface area contributed by atoms with Crippen molar-refractivity contribution in [2.45, 2.75) is 38.6 Å². The largest absolute Gasteiger partial charge is 0.361 e. The van der Waals surface area contributed by atoms with E-state index in [4.69, 9.17) is 4.52 Å². The lowest BCUT2D eigenvalue weighted by molar-refractivity contribution is -0.116. The lowest BCUT2D eigenvalue weighted by Crippen LogP contribution is -2.35. The number of thiazole rings is 1. The van der Waals surface area contributed by atoms with Crippen molar-refractivity contribution in [3.05, 3.63) is 29.1 Å². The average Bonchev–Trinajstić information content (AvgIpc) is 3.17. The Bertz CT molecular complexity index is 611. The first kappa shape index (κ1) is 15.2. The van der Waals surface area contributed by atoms with Gasteiger partial charge in [-0.05, 0) is 26.3 Å². The molecule has 0 aliphatic carbocycles. The minimum absolute atomic E-state index is 0.00982.